The van der Waals surface area contributed by atoms with Gasteiger partial charge in [0.15, 0.2) is 0 Å². The summed E-state index contributed by atoms with van der Waals surface area (Å²) >= 11 is 0. The van der Waals surface area contributed by atoms with Gasteiger partial charge >= 0.3 is 0 Å². The van der Waals surface area contributed by atoms with Crippen molar-refractivity contribution in [2.75, 3.05) is 0 Å². The molecule has 0 N–H and O–H groups in total. The van der Waals surface area contributed by atoms with Crippen molar-refractivity contribution in [2.24, 2.45) is 7.05 Å². The minimum Gasteiger partial charge on any atom is -0.343 e. The van der Waals surface area contributed by atoms with Gasteiger partial charge in [-0.15, -0.1) is 0 Å². The average molecular weight is 664 g/mol. The molecule has 0 aliphatic heterocycles. The van der Waals surface area contributed by atoms with E-state index in [4.69, 9.17) is 0 Å². The van der Waals surface area contributed by atoms with Crippen LogP contribution in [0.1, 0.15) is 0 Å². The molecule has 52 heavy (non-hydrogen) atoms. The van der Waals surface area contributed by atoms with Gasteiger partial charge in [-0.25, -0.2) is 0 Å². The Hall–Kier alpha value is -6.84. The smallest absolute Gasteiger partial charge is 0.0568 e. The minimum atomic E-state index is 1.17. The molecule has 0 saturated carbocycles. The first kappa shape index (κ1) is 28.9. The fraction of sp³-hybridized carbons (Fsp3) is 0.0204. The molecule has 3 aromatic heterocycles. The second-order valence-electron chi connectivity index (χ2n) is 13.8. The van der Waals surface area contributed by atoms with E-state index in [0.717, 1.165) is 0 Å². The second-order valence-corrected chi connectivity index (χ2v) is 13.8. The largest absolute Gasteiger partial charge is 0.343 e. The van der Waals surface area contributed by atoms with Gasteiger partial charge < -0.3 is 13.7 Å². The molecule has 0 atom stereocenters. The molecule has 8 aromatic carbocycles. The first-order valence-electron chi connectivity index (χ1n) is 17.9. The van der Waals surface area contributed by atoms with Crippen molar-refractivity contribution in [1.82, 2.24) is 13.7 Å². The number of hydrogen-bond donors (Lipinski definition) is 0. The van der Waals surface area contributed by atoms with E-state index in [9.17, 15) is 0 Å². The third-order valence-electron chi connectivity index (χ3n) is 11.0. The number of fused-ring (bicyclic) bond motifs is 9. The average Bonchev–Trinajstić information content (AvgIpc) is 3.83. The van der Waals surface area contributed by atoms with Gasteiger partial charge in [0.05, 0.1) is 33.1 Å². The van der Waals surface area contributed by atoms with E-state index in [1.165, 1.54) is 99.0 Å². The van der Waals surface area contributed by atoms with Gasteiger partial charge in [-0.1, -0.05) is 133 Å². The standard InChI is InChI=1S/C49H33N3/c1-50-48-36(32-26-28-40-38-18-8-10-24-44(38)51(46(40)30-32)34-14-4-2-5-15-34)20-12-22-42(48)43-23-13-21-37(49(43)50)33-27-29-41-39-19-9-11-25-45(39)52(47(41)31-33)35-16-6-3-7-17-35/h2-31H,1H3. The van der Waals surface area contributed by atoms with E-state index in [1.54, 1.807) is 0 Å². The van der Waals surface area contributed by atoms with E-state index >= 15 is 0 Å². The number of aryl methyl sites for hydroxylation is 1. The van der Waals surface area contributed by atoms with Gasteiger partial charge in [0.25, 0.3) is 0 Å². The molecule has 0 bridgehead atoms. The molecule has 0 spiro atoms. The van der Waals surface area contributed by atoms with Crippen LogP contribution in [0.15, 0.2) is 182 Å². The van der Waals surface area contributed by atoms with Crippen LogP contribution >= 0.6 is 0 Å². The summed E-state index contributed by atoms with van der Waals surface area (Å²) < 4.78 is 7.22. The van der Waals surface area contributed by atoms with Gasteiger partial charge in [0.1, 0.15) is 0 Å². The molecule has 0 aliphatic carbocycles. The Morgan fingerprint density at radius 3 is 1.15 bits per heavy atom. The van der Waals surface area contributed by atoms with Crippen LogP contribution < -0.4 is 0 Å². The SMILES string of the molecule is Cn1c2c(-c3ccc4c5ccccc5n(-c5ccccc5)c4c3)cccc2c2cccc(-c3ccc4c5ccccc5n(-c5ccccc5)c4c3)c21. The number of aromatic nitrogens is 3. The Bertz CT molecular complexity index is 2960. The third kappa shape index (κ3) is 4.08. The molecular weight excluding hydrogens is 631 g/mol. The molecule has 3 heteroatoms. The zero-order valence-electron chi connectivity index (χ0n) is 28.7. The predicted octanol–water partition coefficient (Wildman–Crippen LogP) is 12.9. The van der Waals surface area contributed by atoms with Crippen molar-refractivity contribution in [3.63, 3.8) is 0 Å². The maximum atomic E-state index is 2.42. The first-order chi connectivity index (χ1) is 25.7. The number of nitrogens with zero attached hydrogens (tertiary/aromatic N) is 3. The summed E-state index contributed by atoms with van der Waals surface area (Å²) in [7, 11) is 2.23. The van der Waals surface area contributed by atoms with Crippen LogP contribution in [0, 0.1) is 0 Å². The van der Waals surface area contributed by atoms with Gasteiger partial charge in [-0.3, -0.25) is 0 Å². The molecule has 0 amide bonds. The van der Waals surface area contributed by atoms with E-state index in [-0.39, 0.29) is 0 Å². The molecule has 0 saturated heterocycles. The first-order valence-corrected chi connectivity index (χ1v) is 17.9. The Morgan fingerprint density at radius 1 is 0.308 bits per heavy atom. The highest BCUT2D eigenvalue weighted by molar-refractivity contribution is 6.18. The van der Waals surface area contributed by atoms with Crippen LogP contribution in [-0.2, 0) is 7.05 Å². The lowest BCUT2D eigenvalue weighted by Gasteiger charge is -2.12. The molecular formula is C49H33N3. The summed E-state index contributed by atoms with van der Waals surface area (Å²) in [6.07, 6.45) is 0. The molecule has 3 nitrogen and oxygen atoms in total. The summed E-state index contributed by atoms with van der Waals surface area (Å²) in [6.45, 7) is 0. The normalized spacial score (nSPS) is 11.9. The summed E-state index contributed by atoms with van der Waals surface area (Å²) in [6, 6.07) is 66.4. The van der Waals surface area contributed by atoms with Gasteiger partial charge in [0.2, 0.25) is 0 Å². The van der Waals surface area contributed by atoms with Crippen molar-refractivity contribution < 1.29 is 0 Å². The summed E-state index contributed by atoms with van der Waals surface area (Å²) in [5.41, 5.74) is 14.6. The Kier molecular flexibility index (Phi) is 6.17. The molecule has 244 valence electrons. The van der Waals surface area contributed by atoms with E-state index in [1.807, 2.05) is 0 Å². The van der Waals surface area contributed by atoms with Crippen molar-refractivity contribution >= 4 is 65.4 Å². The van der Waals surface area contributed by atoms with Crippen LogP contribution in [0.4, 0.5) is 0 Å². The zero-order chi connectivity index (χ0) is 34.3. The fourth-order valence-corrected chi connectivity index (χ4v) is 8.81. The third-order valence-corrected chi connectivity index (χ3v) is 11.0. The highest BCUT2D eigenvalue weighted by Crippen LogP contribution is 2.42. The van der Waals surface area contributed by atoms with Gasteiger partial charge in [-0.2, -0.15) is 0 Å². The van der Waals surface area contributed by atoms with Crippen LogP contribution in [0.5, 0.6) is 0 Å². The zero-order valence-corrected chi connectivity index (χ0v) is 28.7. The van der Waals surface area contributed by atoms with Crippen LogP contribution in [0.25, 0.3) is 99.0 Å². The van der Waals surface area contributed by atoms with Crippen molar-refractivity contribution in [3.05, 3.63) is 182 Å². The highest BCUT2D eigenvalue weighted by Gasteiger charge is 2.20. The van der Waals surface area contributed by atoms with Crippen molar-refractivity contribution in [1.29, 1.82) is 0 Å². The molecule has 11 aromatic rings. The van der Waals surface area contributed by atoms with Crippen molar-refractivity contribution in [3.8, 4) is 33.6 Å². The monoisotopic (exact) mass is 663 g/mol. The highest BCUT2D eigenvalue weighted by atomic mass is 15.0. The lowest BCUT2D eigenvalue weighted by atomic mass is 9.99. The molecule has 11 rings (SSSR count). The number of rotatable bonds is 4. The van der Waals surface area contributed by atoms with Crippen LogP contribution in [0.3, 0.4) is 0 Å². The Morgan fingerprint density at radius 2 is 0.692 bits per heavy atom. The Balaban J connectivity index is 1.14. The summed E-state index contributed by atoms with van der Waals surface area (Å²) in [5.74, 6) is 0. The van der Waals surface area contributed by atoms with Crippen molar-refractivity contribution in [2.45, 2.75) is 0 Å². The maximum absolute atomic E-state index is 2.42. The fourth-order valence-electron chi connectivity index (χ4n) is 8.81. The van der Waals surface area contributed by atoms with Gasteiger partial charge in [-0.05, 0) is 59.7 Å². The van der Waals surface area contributed by atoms with E-state index in [2.05, 4.69) is 203 Å². The predicted molar refractivity (Wildman–Crippen MR) is 220 cm³/mol. The van der Waals surface area contributed by atoms with Gasteiger partial charge in [0, 0.05) is 61.9 Å². The number of hydrogen-bond acceptors (Lipinski definition) is 0. The summed E-state index contributed by atoms with van der Waals surface area (Å²) in [4.78, 5) is 0. The van der Waals surface area contributed by atoms with Crippen LogP contribution in [-0.4, -0.2) is 13.7 Å². The number of para-hydroxylation sites is 6. The van der Waals surface area contributed by atoms with E-state index in [0.29, 0.717) is 0 Å². The van der Waals surface area contributed by atoms with Crippen LogP contribution in [0.2, 0.25) is 0 Å². The summed E-state index contributed by atoms with van der Waals surface area (Å²) in [5, 5.41) is 7.59. The molecule has 0 fully saturated rings. The Labute approximate surface area is 300 Å². The minimum absolute atomic E-state index is 1.17. The second kappa shape index (κ2) is 11.1. The number of benzene rings is 8. The maximum Gasteiger partial charge on any atom is 0.0568 e. The molecule has 0 radical (unpaired) electrons. The lowest BCUT2D eigenvalue weighted by molar-refractivity contribution is 1.02. The molecule has 0 unspecified atom stereocenters. The molecule has 0 aliphatic rings. The lowest BCUT2D eigenvalue weighted by Crippen LogP contribution is -1.95. The van der Waals surface area contributed by atoms with E-state index < -0.39 is 0 Å². The topological polar surface area (TPSA) is 14.8 Å². The molecule has 3 heterocycles. The quantitative estimate of drug-likeness (QED) is 0.178.